The quantitative estimate of drug-likeness (QED) is 0.688. The van der Waals surface area contributed by atoms with Crippen molar-refractivity contribution in [1.29, 1.82) is 0 Å². The summed E-state index contributed by atoms with van der Waals surface area (Å²) in [4.78, 5) is 26.2. The highest BCUT2D eigenvalue weighted by molar-refractivity contribution is 7.89. The molecule has 1 fully saturated rings. The first kappa shape index (κ1) is 21.1. The van der Waals surface area contributed by atoms with Crippen molar-refractivity contribution in [2.75, 3.05) is 19.7 Å². The lowest BCUT2D eigenvalue weighted by Gasteiger charge is -2.30. The summed E-state index contributed by atoms with van der Waals surface area (Å²) in [5.74, 6) is -0.0890. The Hall–Kier alpha value is -2.65. The molecule has 1 N–H and O–H groups in total. The van der Waals surface area contributed by atoms with Crippen LogP contribution in [0.3, 0.4) is 0 Å². The van der Waals surface area contributed by atoms with Crippen molar-refractivity contribution < 1.29 is 27.2 Å². The molecule has 2 heterocycles. The van der Waals surface area contributed by atoms with E-state index < -0.39 is 16.0 Å². The number of esters is 1. The van der Waals surface area contributed by atoms with Crippen LogP contribution >= 0.6 is 0 Å². The summed E-state index contributed by atoms with van der Waals surface area (Å²) < 4.78 is 37.5. The molecule has 0 saturated carbocycles. The van der Waals surface area contributed by atoms with E-state index in [4.69, 9.17) is 9.15 Å². The third kappa shape index (κ3) is 5.68. The van der Waals surface area contributed by atoms with Crippen molar-refractivity contribution in [3.63, 3.8) is 0 Å². The normalized spacial score (nSPS) is 17.1. The van der Waals surface area contributed by atoms with E-state index in [1.54, 1.807) is 17.0 Å². The van der Waals surface area contributed by atoms with Gasteiger partial charge in [0.15, 0.2) is 6.61 Å². The summed E-state index contributed by atoms with van der Waals surface area (Å²) in [6, 6.07) is 8.80. The number of nitrogens with zero attached hydrogens (tertiary/aromatic N) is 1. The third-order valence-electron chi connectivity index (χ3n) is 4.73. The highest BCUT2D eigenvalue weighted by atomic mass is 32.2. The Bertz CT molecular complexity index is 955. The van der Waals surface area contributed by atoms with Gasteiger partial charge in [-0.1, -0.05) is 13.0 Å². The Morgan fingerprint density at radius 2 is 2.10 bits per heavy atom. The number of benzene rings is 1. The number of hydrogen-bond acceptors (Lipinski definition) is 6. The Morgan fingerprint density at radius 1 is 1.28 bits per heavy atom. The predicted octanol–water partition coefficient (Wildman–Crippen LogP) is 2.17. The predicted molar refractivity (Wildman–Crippen MR) is 104 cm³/mol. The molecule has 156 valence electrons. The summed E-state index contributed by atoms with van der Waals surface area (Å²) >= 11 is 0. The molecule has 1 aliphatic rings. The molecule has 8 nitrogen and oxygen atoms in total. The van der Waals surface area contributed by atoms with Gasteiger partial charge in [0.05, 0.1) is 23.3 Å². The molecule has 29 heavy (non-hydrogen) atoms. The topological polar surface area (TPSA) is 106 Å². The molecular weight excluding hydrogens is 396 g/mol. The van der Waals surface area contributed by atoms with Crippen LogP contribution in [0.5, 0.6) is 0 Å². The molecule has 2 aromatic rings. The molecule has 1 saturated heterocycles. The molecule has 1 atom stereocenters. The maximum Gasteiger partial charge on any atom is 0.338 e. The standard InChI is InChI=1S/C20H24N2O6S/c1-15-5-3-9-22(13-15)19(23)14-28-20(24)16-6-2-8-18(11-16)29(25,26)21-12-17-7-4-10-27-17/h2,4,6-8,10-11,15,21H,3,5,9,12-14H2,1H3/t15-/m1/s1. The summed E-state index contributed by atoms with van der Waals surface area (Å²) in [6.45, 7) is 3.03. The average Bonchev–Trinajstić information content (AvgIpc) is 3.24. The Kier molecular flexibility index (Phi) is 6.71. The van der Waals surface area contributed by atoms with Crippen LogP contribution in [0.15, 0.2) is 52.0 Å². The van der Waals surface area contributed by atoms with E-state index in [0.29, 0.717) is 24.8 Å². The van der Waals surface area contributed by atoms with Crippen LogP contribution < -0.4 is 4.72 Å². The van der Waals surface area contributed by atoms with Crippen molar-refractivity contribution in [2.24, 2.45) is 5.92 Å². The number of ether oxygens (including phenoxy) is 1. The van der Waals surface area contributed by atoms with E-state index in [9.17, 15) is 18.0 Å². The number of sulfonamides is 1. The van der Waals surface area contributed by atoms with Crippen molar-refractivity contribution in [2.45, 2.75) is 31.2 Å². The van der Waals surface area contributed by atoms with Crippen LogP contribution in [0.2, 0.25) is 0 Å². The Labute approximate surface area is 169 Å². The monoisotopic (exact) mass is 420 g/mol. The van der Waals surface area contributed by atoms with Gasteiger partial charge >= 0.3 is 5.97 Å². The van der Waals surface area contributed by atoms with E-state index >= 15 is 0 Å². The molecular formula is C20H24N2O6S. The maximum absolute atomic E-state index is 12.4. The molecule has 0 spiro atoms. The van der Waals surface area contributed by atoms with Gasteiger partial charge in [0.1, 0.15) is 5.76 Å². The first-order valence-electron chi connectivity index (χ1n) is 9.42. The van der Waals surface area contributed by atoms with Gasteiger partial charge in [-0.3, -0.25) is 4.79 Å². The minimum absolute atomic E-state index is 0.00718. The Morgan fingerprint density at radius 3 is 2.83 bits per heavy atom. The fraction of sp³-hybridized carbons (Fsp3) is 0.400. The lowest BCUT2D eigenvalue weighted by molar-refractivity contribution is -0.136. The highest BCUT2D eigenvalue weighted by Crippen LogP contribution is 2.16. The molecule has 9 heteroatoms. The number of carbonyl (C=O) groups is 2. The largest absolute Gasteiger partial charge is 0.468 e. The van der Waals surface area contributed by atoms with Crippen LogP contribution in [0, 0.1) is 5.92 Å². The van der Waals surface area contributed by atoms with Crippen molar-refractivity contribution >= 4 is 21.9 Å². The van der Waals surface area contributed by atoms with Gasteiger partial charge in [-0.15, -0.1) is 0 Å². The van der Waals surface area contributed by atoms with E-state index in [-0.39, 0.29) is 29.5 Å². The van der Waals surface area contributed by atoms with E-state index in [1.807, 2.05) is 0 Å². The molecule has 1 aromatic heterocycles. The zero-order chi connectivity index (χ0) is 20.9. The number of amides is 1. The van der Waals surface area contributed by atoms with E-state index in [2.05, 4.69) is 11.6 Å². The van der Waals surface area contributed by atoms with Gasteiger partial charge < -0.3 is 14.1 Å². The molecule has 0 aliphatic carbocycles. The van der Waals surface area contributed by atoms with Crippen LogP contribution in [-0.4, -0.2) is 44.9 Å². The zero-order valence-electron chi connectivity index (χ0n) is 16.2. The molecule has 0 unspecified atom stereocenters. The van der Waals surface area contributed by atoms with Gasteiger partial charge in [-0.2, -0.15) is 0 Å². The number of furan rings is 1. The lowest BCUT2D eigenvalue weighted by Crippen LogP contribution is -2.41. The fourth-order valence-corrected chi connectivity index (χ4v) is 4.21. The SMILES string of the molecule is C[C@@H]1CCCN(C(=O)COC(=O)c2cccc(S(=O)(=O)NCc3ccco3)c2)C1. The average molecular weight is 420 g/mol. The second kappa shape index (κ2) is 9.23. The minimum atomic E-state index is -3.84. The van der Waals surface area contributed by atoms with Crippen LogP contribution in [0.1, 0.15) is 35.9 Å². The second-order valence-electron chi connectivity index (χ2n) is 7.10. The summed E-state index contributed by atoms with van der Waals surface area (Å²) in [5.41, 5.74) is 0.0608. The summed E-state index contributed by atoms with van der Waals surface area (Å²) in [5, 5.41) is 0. The molecule has 0 radical (unpaired) electrons. The van der Waals surface area contributed by atoms with E-state index in [1.165, 1.54) is 30.5 Å². The van der Waals surface area contributed by atoms with Gasteiger partial charge in [-0.25, -0.2) is 17.9 Å². The van der Waals surface area contributed by atoms with Crippen LogP contribution in [0.25, 0.3) is 0 Å². The first-order valence-corrected chi connectivity index (χ1v) is 10.9. The number of piperidine rings is 1. The zero-order valence-corrected chi connectivity index (χ0v) is 17.0. The van der Waals surface area contributed by atoms with Crippen molar-refractivity contribution in [1.82, 2.24) is 9.62 Å². The van der Waals surface area contributed by atoms with Crippen LogP contribution in [-0.2, 0) is 26.1 Å². The van der Waals surface area contributed by atoms with Gasteiger partial charge in [0.2, 0.25) is 10.0 Å². The number of likely N-dealkylation sites (tertiary alicyclic amines) is 1. The van der Waals surface area contributed by atoms with Gasteiger partial charge in [0, 0.05) is 13.1 Å². The number of nitrogens with one attached hydrogen (secondary N) is 1. The maximum atomic E-state index is 12.4. The molecule has 1 amide bonds. The summed E-state index contributed by atoms with van der Waals surface area (Å²) in [7, 11) is -3.84. The van der Waals surface area contributed by atoms with Crippen molar-refractivity contribution in [3.05, 3.63) is 54.0 Å². The van der Waals surface area contributed by atoms with Gasteiger partial charge in [-0.05, 0) is 49.1 Å². The number of rotatable bonds is 7. The lowest BCUT2D eigenvalue weighted by atomic mass is 10.0. The first-order chi connectivity index (χ1) is 13.8. The van der Waals surface area contributed by atoms with Crippen LogP contribution in [0.4, 0.5) is 0 Å². The molecule has 3 rings (SSSR count). The fourth-order valence-electron chi connectivity index (χ4n) is 3.17. The number of hydrogen-bond donors (Lipinski definition) is 1. The summed E-state index contributed by atoms with van der Waals surface area (Å²) in [6.07, 6.45) is 3.47. The number of carbonyl (C=O) groups excluding carboxylic acids is 2. The Balaban J connectivity index is 1.59. The van der Waals surface area contributed by atoms with Crippen molar-refractivity contribution in [3.8, 4) is 0 Å². The second-order valence-corrected chi connectivity index (χ2v) is 8.86. The highest BCUT2D eigenvalue weighted by Gasteiger charge is 2.23. The molecule has 1 aliphatic heterocycles. The van der Waals surface area contributed by atoms with Gasteiger partial charge in [0.25, 0.3) is 5.91 Å². The minimum Gasteiger partial charge on any atom is -0.468 e. The third-order valence-corrected chi connectivity index (χ3v) is 6.13. The smallest absolute Gasteiger partial charge is 0.338 e. The molecule has 0 bridgehead atoms. The molecule has 1 aromatic carbocycles. The van der Waals surface area contributed by atoms with E-state index in [0.717, 1.165) is 12.8 Å².